The minimum atomic E-state index is 0.903. The lowest BCUT2D eigenvalue weighted by molar-refractivity contribution is 0.670. The van der Waals surface area contributed by atoms with Gasteiger partial charge in [0.15, 0.2) is 0 Å². The second kappa shape index (κ2) is 16.3. The van der Waals surface area contributed by atoms with E-state index in [0.29, 0.717) is 0 Å². The van der Waals surface area contributed by atoms with Crippen molar-refractivity contribution in [3.05, 3.63) is 243 Å². The van der Waals surface area contributed by atoms with E-state index in [1.807, 2.05) is 23.5 Å². The third-order valence-electron chi connectivity index (χ3n) is 11.5. The third-order valence-corrected chi connectivity index (χ3v) is 12.7. The van der Waals surface area contributed by atoms with Crippen LogP contribution in [0.15, 0.2) is 247 Å². The Morgan fingerprint density at radius 2 is 0.661 bits per heavy atom. The Labute approximate surface area is 365 Å². The Hall–Kier alpha value is -7.92. The first-order chi connectivity index (χ1) is 30.7. The lowest BCUT2D eigenvalue weighted by Gasteiger charge is -2.26. The highest BCUT2D eigenvalue weighted by Gasteiger charge is 2.17. The SMILES string of the molecule is c1ccc(-c2ccc(-c3ccc(N(c4ccc(-c5ccc(N(c6ccccc6)c6ccccc6)cc5)cc4)c4ccc(-c5cccc6c5oc5ccccc56)cc4)cc3)s2)cc1. The molecular weight excluding hydrogens is 773 g/mol. The molecule has 2 aromatic heterocycles. The van der Waals surface area contributed by atoms with Gasteiger partial charge in [-0.05, 0) is 119 Å². The molecule has 11 rings (SSSR count). The van der Waals surface area contributed by atoms with Crippen LogP contribution in [0.4, 0.5) is 34.1 Å². The number of hydrogen-bond donors (Lipinski definition) is 0. The molecule has 0 unspecified atom stereocenters. The first-order valence-electron chi connectivity index (χ1n) is 20.9. The maximum absolute atomic E-state index is 6.42. The van der Waals surface area contributed by atoms with Crippen LogP contribution in [-0.2, 0) is 0 Å². The van der Waals surface area contributed by atoms with Crippen LogP contribution in [0.1, 0.15) is 0 Å². The Bertz CT molecular complexity index is 3210. The van der Waals surface area contributed by atoms with Crippen LogP contribution in [-0.4, -0.2) is 0 Å². The van der Waals surface area contributed by atoms with Gasteiger partial charge < -0.3 is 14.2 Å². The minimum absolute atomic E-state index is 0.903. The zero-order valence-corrected chi connectivity index (χ0v) is 34.6. The number of furan rings is 1. The molecule has 0 atom stereocenters. The molecule has 4 heteroatoms. The van der Waals surface area contributed by atoms with Crippen molar-refractivity contribution in [3.8, 4) is 43.1 Å². The van der Waals surface area contributed by atoms with Crippen molar-refractivity contribution in [1.82, 2.24) is 0 Å². The number of nitrogens with zero attached hydrogens (tertiary/aromatic N) is 2. The largest absolute Gasteiger partial charge is 0.455 e. The van der Waals surface area contributed by atoms with Crippen molar-refractivity contribution in [1.29, 1.82) is 0 Å². The minimum Gasteiger partial charge on any atom is -0.455 e. The standard InChI is InChI=1S/C58H40N2OS/c1-4-13-44(14-5-1)56-39-40-57(62-56)45-29-37-51(38-30-45)60(50-35-27-43(28-36-50)52-20-12-21-54-53-19-10-11-22-55(53)61-58(52)54)49-33-25-42(26-34-49)41-23-31-48(32-24-41)59(46-15-6-2-7-16-46)47-17-8-3-9-18-47/h1-40H. The molecule has 0 spiro atoms. The summed E-state index contributed by atoms with van der Waals surface area (Å²) in [6, 6.07) is 86.3. The predicted octanol–water partition coefficient (Wildman–Crippen LogP) is 17.3. The van der Waals surface area contributed by atoms with Crippen LogP contribution in [0.5, 0.6) is 0 Å². The number of hydrogen-bond acceptors (Lipinski definition) is 4. The number of thiophene rings is 1. The molecule has 0 bridgehead atoms. The van der Waals surface area contributed by atoms with Gasteiger partial charge in [-0.25, -0.2) is 0 Å². The Morgan fingerprint density at radius 3 is 1.18 bits per heavy atom. The second-order valence-electron chi connectivity index (χ2n) is 15.3. The van der Waals surface area contributed by atoms with E-state index in [1.165, 1.54) is 20.9 Å². The highest BCUT2D eigenvalue weighted by atomic mass is 32.1. The van der Waals surface area contributed by atoms with Crippen LogP contribution < -0.4 is 9.80 Å². The summed E-state index contributed by atoms with van der Waals surface area (Å²) in [6.07, 6.45) is 0. The number of benzene rings is 9. The molecule has 0 amide bonds. The summed E-state index contributed by atoms with van der Waals surface area (Å²) in [5, 5.41) is 2.26. The molecule has 9 aromatic carbocycles. The molecule has 3 nitrogen and oxygen atoms in total. The summed E-state index contributed by atoms with van der Waals surface area (Å²) in [4.78, 5) is 7.14. The molecule has 0 aliphatic carbocycles. The molecule has 2 heterocycles. The smallest absolute Gasteiger partial charge is 0.143 e. The molecule has 294 valence electrons. The van der Waals surface area contributed by atoms with E-state index in [4.69, 9.17) is 4.42 Å². The fourth-order valence-electron chi connectivity index (χ4n) is 8.44. The second-order valence-corrected chi connectivity index (χ2v) is 16.4. The van der Waals surface area contributed by atoms with E-state index in [0.717, 1.165) is 78.3 Å². The molecule has 0 radical (unpaired) electrons. The van der Waals surface area contributed by atoms with E-state index < -0.39 is 0 Å². The third kappa shape index (κ3) is 7.13. The maximum Gasteiger partial charge on any atom is 0.143 e. The number of fused-ring (bicyclic) bond motifs is 3. The van der Waals surface area contributed by atoms with Gasteiger partial charge >= 0.3 is 0 Å². The summed E-state index contributed by atoms with van der Waals surface area (Å²) >= 11 is 1.82. The molecule has 0 aliphatic heterocycles. The lowest BCUT2D eigenvalue weighted by Crippen LogP contribution is -2.10. The Kier molecular flexibility index (Phi) is 9.74. The van der Waals surface area contributed by atoms with Gasteiger partial charge in [0, 0.05) is 60.2 Å². The molecule has 0 saturated heterocycles. The first kappa shape index (κ1) is 37.1. The average molecular weight is 813 g/mol. The topological polar surface area (TPSA) is 19.6 Å². The summed E-state index contributed by atoms with van der Waals surface area (Å²) in [6.45, 7) is 0. The van der Waals surface area contributed by atoms with Crippen LogP contribution in [0.3, 0.4) is 0 Å². The monoisotopic (exact) mass is 812 g/mol. The van der Waals surface area contributed by atoms with Crippen LogP contribution >= 0.6 is 11.3 Å². The predicted molar refractivity (Wildman–Crippen MR) is 263 cm³/mol. The van der Waals surface area contributed by atoms with Gasteiger partial charge in [-0.15, -0.1) is 11.3 Å². The van der Waals surface area contributed by atoms with Gasteiger partial charge in [-0.1, -0.05) is 152 Å². The highest BCUT2D eigenvalue weighted by Crippen LogP contribution is 2.42. The van der Waals surface area contributed by atoms with Gasteiger partial charge in [0.05, 0.1) is 0 Å². The van der Waals surface area contributed by atoms with E-state index in [-0.39, 0.29) is 0 Å². The first-order valence-corrected chi connectivity index (χ1v) is 21.7. The molecule has 0 N–H and O–H groups in total. The van der Waals surface area contributed by atoms with E-state index in [1.54, 1.807) is 0 Å². The van der Waals surface area contributed by atoms with Crippen molar-refractivity contribution in [2.45, 2.75) is 0 Å². The van der Waals surface area contributed by atoms with Crippen molar-refractivity contribution < 1.29 is 4.42 Å². The summed E-state index contributed by atoms with van der Waals surface area (Å²) < 4.78 is 6.42. The van der Waals surface area contributed by atoms with Crippen molar-refractivity contribution in [3.63, 3.8) is 0 Å². The van der Waals surface area contributed by atoms with E-state index in [2.05, 4.69) is 240 Å². The fraction of sp³-hybridized carbons (Fsp3) is 0. The van der Waals surface area contributed by atoms with Gasteiger partial charge in [-0.2, -0.15) is 0 Å². The lowest BCUT2D eigenvalue weighted by atomic mass is 10.0. The average Bonchev–Trinajstić information content (AvgIpc) is 4.00. The molecule has 0 saturated carbocycles. The molecular formula is C58H40N2OS. The zero-order chi connectivity index (χ0) is 41.2. The fourth-order valence-corrected chi connectivity index (χ4v) is 9.46. The quantitative estimate of drug-likeness (QED) is 0.137. The summed E-state index contributed by atoms with van der Waals surface area (Å²) in [7, 11) is 0. The number of rotatable bonds is 10. The van der Waals surface area contributed by atoms with E-state index >= 15 is 0 Å². The van der Waals surface area contributed by atoms with Crippen molar-refractivity contribution in [2.75, 3.05) is 9.80 Å². The number of anilines is 6. The van der Waals surface area contributed by atoms with Crippen LogP contribution in [0, 0.1) is 0 Å². The van der Waals surface area contributed by atoms with Gasteiger partial charge in [-0.3, -0.25) is 0 Å². The van der Waals surface area contributed by atoms with Gasteiger partial charge in [0.2, 0.25) is 0 Å². The maximum atomic E-state index is 6.42. The Balaban J connectivity index is 0.929. The van der Waals surface area contributed by atoms with Gasteiger partial charge in [0.1, 0.15) is 11.2 Å². The van der Waals surface area contributed by atoms with Crippen molar-refractivity contribution in [2.24, 2.45) is 0 Å². The van der Waals surface area contributed by atoms with Crippen LogP contribution in [0.2, 0.25) is 0 Å². The zero-order valence-electron chi connectivity index (χ0n) is 33.8. The van der Waals surface area contributed by atoms with Crippen molar-refractivity contribution >= 4 is 67.4 Å². The van der Waals surface area contributed by atoms with Crippen LogP contribution in [0.25, 0.3) is 65.1 Å². The molecule has 62 heavy (non-hydrogen) atoms. The number of para-hydroxylation sites is 4. The summed E-state index contributed by atoms with van der Waals surface area (Å²) in [5.41, 5.74) is 15.3. The normalized spacial score (nSPS) is 11.2. The Morgan fingerprint density at radius 1 is 0.274 bits per heavy atom. The summed E-state index contributed by atoms with van der Waals surface area (Å²) in [5.74, 6) is 0. The molecule has 0 aliphatic rings. The van der Waals surface area contributed by atoms with E-state index in [9.17, 15) is 0 Å². The molecule has 11 aromatic rings. The highest BCUT2D eigenvalue weighted by molar-refractivity contribution is 7.18. The van der Waals surface area contributed by atoms with Gasteiger partial charge in [0.25, 0.3) is 0 Å². The molecule has 0 fully saturated rings.